The van der Waals surface area contributed by atoms with Crippen LogP contribution < -0.4 is 0 Å². The Bertz CT molecular complexity index is 478. The fourth-order valence-corrected chi connectivity index (χ4v) is 2.71. The molecular weight excluding hydrogens is 284 g/mol. The molecule has 0 aromatic rings. The lowest BCUT2D eigenvalue weighted by Crippen LogP contribution is -2.04. The first-order valence-corrected chi connectivity index (χ1v) is 8.61. The van der Waals surface area contributed by atoms with Gasteiger partial charge in [0.2, 0.25) is 0 Å². The summed E-state index contributed by atoms with van der Waals surface area (Å²) in [5.41, 5.74) is 3.98. The van der Waals surface area contributed by atoms with Crippen LogP contribution in [-0.2, 0) is 9.53 Å². The van der Waals surface area contributed by atoms with Crippen LogP contribution in [0, 0.1) is 11.8 Å². The summed E-state index contributed by atoms with van der Waals surface area (Å²) in [6.07, 6.45) is 12.2. The molecule has 0 aliphatic rings. The lowest BCUT2D eigenvalue weighted by molar-refractivity contribution is -0.137. The molecule has 0 unspecified atom stereocenters. The topological polar surface area (TPSA) is 26.3 Å². The van der Waals surface area contributed by atoms with Gasteiger partial charge in [-0.05, 0) is 59.3 Å². The smallest absolute Gasteiger partial charge is 0.330 e. The van der Waals surface area contributed by atoms with E-state index in [1.807, 2.05) is 13.0 Å². The molecule has 2 heteroatoms. The van der Waals surface area contributed by atoms with Crippen molar-refractivity contribution in [3.8, 4) is 0 Å². The van der Waals surface area contributed by atoms with Gasteiger partial charge in [0, 0.05) is 6.08 Å². The van der Waals surface area contributed by atoms with Crippen molar-refractivity contribution in [1.82, 2.24) is 0 Å². The molecule has 0 saturated carbocycles. The maximum atomic E-state index is 11.3. The standard InChI is InChI=1S/C21H34O2/c1-8-16(3)12-18(5)14-20(7)15-19(6)13-17(4)10-11-21(22)23-9-2/h8,10-12,14,17,19H,9,13,15H2,1-7H3/b11-10+,16-8+,18-12+,20-14+/t17-,19-/m1/s1. The minimum atomic E-state index is -0.247. The Morgan fingerprint density at radius 1 is 1.09 bits per heavy atom. The first-order chi connectivity index (χ1) is 10.8. The van der Waals surface area contributed by atoms with E-state index in [-0.39, 0.29) is 5.97 Å². The SMILES string of the molecule is C/C=C(C)/C=C(C)/C=C(\C)C[C@H](C)C[C@H](C)/C=C/C(=O)OCC. The number of hydrogen-bond acceptors (Lipinski definition) is 2. The van der Waals surface area contributed by atoms with Crippen molar-refractivity contribution >= 4 is 5.97 Å². The fraction of sp³-hybridized carbons (Fsp3) is 0.571. The van der Waals surface area contributed by atoms with Crippen LogP contribution in [0.4, 0.5) is 0 Å². The molecule has 0 amide bonds. The van der Waals surface area contributed by atoms with E-state index < -0.39 is 0 Å². The maximum absolute atomic E-state index is 11.3. The first kappa shape index (κ1) is 21.4. The van der Waals surface area contributed by atoms with E-state index in [1.165, 1.54) is 16.7 Å². The summed E-state index contributed by atoms with van der Waals surface area (Å²) >= 11 is 0. The van der Waals surface area contributed by atoms with E-state index in [0.717, 1.165) is 12.8 Å². The molecule has 0 rings (SSSR count). The van der Waals surface area contributed by atoms with Crippen molar-refractivity contribution in [3.63, 3.8) is 0 Å². The van der Waals surface area contributed by atoms with Crippen LogP contribution >= 0.6 is 0 Å². The molecule has 130 valence electrons. The highest BCUT2D eigenvalue weighted by Crippen LogP contribution is 2.21. The van der Waals surface area contributed by atoms with Gasteiger partial charge in [-0.2, -0.15) is 0 Å². The van der Waals surface area contributed by atoms with E-state index in [4.69, 9.17) is 4.74 Å². The number of allylic oxidation sites excluding steroid dienone is 7. The molecule has 0 spiro atoms. The highest BCUT2D eigenvalue weighted by Gasteiger charge is 2.08. The number of esters is 1. The van der Waals surface area contributed by atoms with Crippen LogP contribution in [0.25, 0.3) is 0 Å². The van der Waals surface area contributed by atoms with Gasteiger partial charge in [0.05, 0.1) is 6.61 Å². The van der Waals surface area contributed by atoms with Crippen molar-refractivity contribution in [2.24, 2.45) is 11.8 Å². The molecule has 0 saturated heterocycles. The molecule has 0 aromatic carbocycles. The van der Waals surface area contributed by atoms with Crippen LogP contribution in [0.3, 0.4) is 0 Å². The highest BCUT2D eigenvalue weighted by molar-refractivity contribution is 5.81. The van der Waals surface area contributed by atoms with Crippen molar-refractivity contribution in [2.75, 3.05) is 6.61 Å². The Morgan fingerprint density at radius 2 is 1.74 bits per heavy atom. The van der Waals surface area contributed by atoms with Gasteiger partial charge in [-0.3, -0.25) is 0 Å². The zero-order valence-electron chi connectivity index (χ0n) is 16.0. The Balaban J connectivity index is 4.45. The molecular formula is C21H34O2. The minimum absolute atomic E-state index is 0.247. The van der Waals surface area contributed by atoms with Crippen LogP contribution in [0.1, 0.15) is 61.3 Å². The zero-order chi connectivity index (χ0) is 17.8. The van der Waals surface area contributed by atoms with Crippen molar-refractivity contribution in [3.05, 3.63) is 47.1 Å². The van der Waals surface area contributed by atoms with E-state index in [2.05, 4.69) is 59.8 Å². The summed E-state index contributed by atoms with van der Waals surface area (Å²) in [6, 6.07) is 0. The van der Waals surface area contributed by atoms with E-state index in [1.54, 1.807) is 6.08 Å². The Morgan fingerprint density at radius 3 is 2.30 bits per heavy atom. The summed E-state index contributed by atoms with van der Waals surface area (Å²) in [5, 5.41) is 0. The quantitative estimate of drug-likeness (QED) is 0.295. The van der Waals surface area contributed by atoms with Crippen LogP contribution in [-0.4, -0.2) is 12.6 Å². The van der Waals surface area contributed by atoms with Gasteiger partial charge in [0.1, 0.15) is 0 Å². The molecule has 2 atom stereocenters. The fourth-order valence-electron chi connectivity index (χ4n) is 2.71. The third-order valence-corrected chi connectivity index (χ3v) is 3.68. The summed E-state index contributed by atoms with van der Waals surface area (Å²) in [5.74, 6) is 0.719. The third kappa shape index (κ3) is 11.6. The normalized spacial score (nSPS) is 16.6. The third-order valence-electron chi connectivity index (χ3n) is 3.68. The number of carbonyl (C=O) groups excluding carboxylic acids is 1. The molecule has 0 N–H and O–H groups in total. The minimum Gasteiger partial charge on any atom is -0.463 e. The molecule has 2 nitrogen and oxygen atoms in total. The first-order valence-electron chi connectivity index (χ1n) is 8.61. The lowest BCUT2D eigenvalue weighted by atomic mass is 9.91. The summed E-state index contributed by atoms with van der Waals surface area (Å²) < 4.78 is 4.90. The Kier molecular flexibility index (Phi) is 11.1. The second kappa shape index (κ2) is 11.9. The lowest BCUT2D eigenvalue weighted by Gasteiger charge is -2.15. The van der Waals surface area contributed by atoms with Crippen LogP contribution in [0.15, 0.2) is 47.1 Å². The van der Waals surface area contributed by atoms with Crippen molar-refractivity contribution in [2.45, 2.75) is 61.3 Å². The highest BCUT2D eigenvalue weighted by atomic mass is 16.5. The molecule has 0 aromatic heterocycles. The summed E-state index contributed by atoms with van der Waals surface area (Å²) in [7, 11) is 0. The average Bonchev–Trinajstić information content (AvgIpc) is 2.44. The van der Waals surface area contributed by atoms with E-state index in [9.17, 15) is 4.79 Å². The van der Waals surface area contributed by atoms with Gasteiger partial charge in [-0.1, -0.05) is 54.9 Å². The second-order valence-corrected chi connectivity index (χ2v) is 6.55. The van der Waals surface area contributed by atoms with E-state index in [0.29, 0.717) is 18.4 Å². The monoisotopic (exact) mass is 318 g/mol. The average molecular weight is 319 g/mol. The largest absolute Gasteiger partial charge is 0.463 e. The Labute approximate surface area is 143 Å². The molecule has 0 heterocycles. The summed E-state index contributed by atoms with van der Waals surface area (Å²) in [6.45, 7) is 15.2. The molecule has 0 fully saturated rings. The second-order valence-electron chi connectivity index (χ2n) is 6.55. The number of ether oxygens (including phenoxy) is 1. The van der Waals surface area contributed by atoms with Gasteiger partial charge < -0.3 is 4.74 Å². The number of hydrogen-bond donors (Lipinski definition) is 0. The van der Waals surface area contributed by atoms with Gasteiger partial charge in [0.25, 0.3) is 0 Å². The van der Waals surface area contributed by atoms with Crippen LogP contribution in [0.5, 0.6) is 0 Å². The van der Waals surface area contributed by atoms with Gasteiger partial charge >= 0.3 is 5.97 Å². The van der Waals surface area contributed by atoms with Gasteiger partial charge in [-0.15, -0.1) is 0 Å². The predicted molar refractivity (Wildman–Crippen MR) is 100 cm³/mol. The molecule has 0 aliphatic carbocycles. The van der Waals surface area contributed by atoms with Gasteiger partial charge in [-0.25, -0.2) is 4.79 Å². The number of rotatable bonds is 9. The van der Waals surface area contributed by atoms with Crippen LogP contribution in [0.2, 0.25) is 0 Å². The van der Waals surface area contributed by atoms with Crippen molar-refractivity contribution < 1.29 is 9.53 Å². The zero-order valence-corrected chi connectivity index (χ0v) is 16.0. The molecule has 23 heavy (non-hydrogen) atoms. The Hall–Kier alpha value is -1.57. The molecule has 0 bridgehead atoms. The summed E-state index contributed by atoms with van der Waals surface area (Å²) in [4.78, 5) is 11.3. The number of carbonyl (C=O) groups is 1. The van der Waals surface area contributed by atoms with E-state index >= 15 is 0 Å². The van der Waals surface area contributed by atoms with Crippen molar-refractivity contribution in [1.29, 1.82) is 0 Å². The maximum Gasteiger partial charge on any atom is 0.330 e. The molecule has 0 radical (unpaired) electrons. The predicted octanol–water partition coefficient (Wildman–Crippen LogP) is 6.02. The molecule has 0 aliphatic heterocycles. The van der Waals surface area contributed by atoms with Gasteiger partial charge in [0.15, 0.2) is 0 Å².